The number of aliphatic hydroxyl groups is 1. The summed E-state index contributed by atoms with van der Waals surface area (Å²) in [7, 11) is 0. The molecule has 1 atom stereocenters. The van der Waals surface area contributed by atoms with E-state index in [0.29, 0.717) is 5.89 Å². The monoisotopic (exact) mass is 153 g/mol. The van der Waals surface area contributed by atoms with Crippen LogP contribution >= 0.6 is 0 Å². The zero-order chi connectivity index (χ0) is 7.84. The molecule has 0 aliphatic heterocycles. The Morgan fingerprint density at radius 3 is 3.18 bits per heavy atom. The van der Waals surface area contributed by atoms with Gasteiger partial charge in [-0.3, -0.25) is 0 Å². The molecule has 2 rings (SSSR count). The van der Waals surface area contributed by atoms with Crippen molar-refractivity contribution in [1.82, 2.24) is 4.98 Å². The first kappa shape index (κ1) is 6.85. The Morgan fingerprint density at radius 2 is 2.45 bits per heavy atom. The lowest BCUT2D eigenvalue weighted by atomic mass is 10.00. The maximum absolute atomic E-state index is 9.45. The van der Waals surface area contributed by atoms with Crippen molar-refractivity contribution in [2.75, 3.05) is 0 Å². The lowest BCUT2D eigenvalue weighted by Crippen LogP contribution is -2.07. The molecular weight excluding hydrogens is 142 g/mol. The molecule has 0 saturated carbocycles. The standard InChI is InChI=1S/C8H11NO2/c1-5-9-8-6(10)3-2-4-7(8)11-5/h6,10H,2-4H2,1H3/t6-/m1/s1. The van der Waals surface area contributed by atoms with E-state index in [2.05, 4.69) is 4.98 Å². The maximum atomic E-state index is 9.45. The average Bonchev–Trinajstić information content (AvgIpc) is 2.31. The van der Waals surface area contributed by atoms with E-state index < -0.39 is 6.10 Å². The summed E-state index contributed by atoms with van der Waals surface area (Å²) in [4.78, 5) is 4.12. The van der Waals surface area contributed by atoms with Gasteiger partial charge in [-0.2, -0.15) is 0 Å². The molecule has 0 radical (unpaired) electrons. The molecule has 0 spiro atoms. The van der Waals surface area contributed by atoms with Gasteiger partial charge in [0.15, 0.2) is 5.89 Å². The van der Waals surface area contributed by atoms with Crippen LogP contribution in [0.1, 0.15) is 36.3 Å². The molecule has 0 amide bonds. The van der Waals surface area contributed by atoms with Crippen LogP contribution in [0.2, 0.25) is 0 Å². The summed E-state index contributed by atoms with van der Waals surface area (Å²) in [6, 6.07) is 0. The van der Waals surface area contributed by atoms with E-state index in [1.807, 2.05) is 6.92 Å². The summed E-state index contributed by atoms with van der Waals surface area (Å²) in [5.74, 6) is 1.54. The first-order chi connectivity index (χ1) is 5.27. The third-order valence-electron chi connectivity index (χ3n) is 2.03. The van der Waals surface area contributed by atoms with Crippen LogP contribution < -0.4 is 0 Å². The first-order valence-electron chi connectivity index (χ1n) is 3.91. The van der Waals surface area contributed by atoms with Crippen LogP contribution in [0.3, 0.4) is 0 Å². The minimum absolute atomic E-state index is 0.392. The van der Waals surface area contributed by atoms with Gasteiger partial charge in [-0.1, -0.05) is 0 Å². The van der Waals surface area contributed by atoms with Crippen LogP contribution in [0.25, 0.3) is 0 Å². The van der Waals surface area contributed by atoms with Gasteiger partial charge in [-0.15, -0.1) is 0 Å². The van der Waals surface area contributed by atoms with Crippen LogP contribution in [-0.4, -0.2) is 10.1 Å². The van der Waals surface area contributed by atoms with Gasteiger partial charge >= 0.3 is 0 Å². The zero-order valence-corrected chi connectivity index (χ0v) is 6.50. The summed E-state index contributed by atoms with van der Waals surface area (Å²) in [5.41, 5.74) is 0.758. The SMILES string of the molecule is Cc1nc2c(o1)CCC[C@H]2O. The number of aryl methyl sites for hydroxylation is 2. The maximum Gasteiger partial charge on any atom is 0.191 e. The molecule has 11 heavy (non-hydrogen) atoms. The number of hydrogen-bond donors (Lipinski definition) is 1. The fourth-order valence-electron chi connectivity index (χ4n) is 1.52. The smallest absolute Gasteiger partial charge is 0.191 e. The van der Waals surface area contributed by atoms with Crippen molar-refractivity contribution in [2.45, 2.75) is 32.3 Å². The van der Waals surface area contributed by atoms with Crippen molar-refractivity contribution in [2.24, 2.45) is 0 Å². The predicted molar refractivity (Wildman–Crippen MR) is 39.1 cm³/mol. The molecule has 0 saturated heterocycles. The number of nitrogens with zero attached hydrogens (tertiary/aromatic N) is 1. The van der Waals surface area contributed by atoms with E-state index in [0.717, 1.165) is 30.7 Å². The van der Waals surface area contributed by atoms with E-state index in [9.17, 15) is 5.11 Å². The number of fused-ring (bicyclic) bond motifs is 1. The first-order valence-corrected chi connectivity index (χ1v) is 3.91. The summed E-state index contributed by atoms with van der Waals surface area (Å²) in [6.45, 7) is 1.81. The Kier molecular flexibility index (Phi) is 1.46. The second-order valence-electron chi connectivity index (χ2n) is 2.95. The lowest BCUT2D eigenvalue weighted by Gasteiger charge is -2.13. The Balaban J connectivity index is 2.43. The molecule has 0 aromatic carbocycles. The molecule has 1 heterocycles. The fourth-order valence-corrected chi connectivity index (χ4v) is 1.52. The number of rotatable bonds is 0. The predicted octanol–water partition coefficient (Wildman–Crippen LogP) is 1.35. The molecule has 3 nitrogen and oxygen atoms in total. The van der Waals surface area contributed by atoms with E-state index in [4.69, 9.17) is 4.42 Å². The van der Waals surface area contributed by atoms with E-state index in [1.54, 1.807) is 0 Å². The quantitative estimate of drug-likeness (QED) is 0.612. The second-order valence-corrected chi connectivity index (χ2v) is 2.95. The van der Waals surface area contributed by atoms with Crippen molar-refractivity contribution in [1.29, 1.82) is 0 Å². The van der Waals surface area contributed by atoms with Crippen LogP contribution in [0.4, 0.5) is 0 Å². The van der Waals surface area contributed by atoms with Crippen molar-refractivity contribution in [3.05, 3.63) is 17.3 Å². The number of aromatic nitrogens is 1. The molecule has 60 valence electrons. The molecular formula is C8H11NO2. The number of oxazole rings is 1. The Bertz CT molecular complexity index is 267. The van der Waals surface area contributed by atoms with Gasteiger partial charge in [-0.05, 0) is 12.8 Å². The van der Waals surface area contributed by atoms with Crippen molar-refractivity contribution in [3.63, 3.8) is 0 Å². The van der Waals surface area contributed by atoms with E-state index in [1.165, 1.54) is 0 Å². The Hall–Kier alpha value is -0.830. The van der Waals surface area contributed by atoms with Crippen LogP contribution in [-0.2, 0) is 6.42 Å². The summed E-state index contributed by atoms with van der Waals surface area (Å²) < 4.78 is 5.31. The lowest BCUT2D eigenvalue weighted by molar-refractivity contribution is 0.149. The molecule has 3 heteroatoms. The average molecular weight is 153 g/mol. The minimum Gasteiger partial charge on any atom is -0.446 e. The van der Waals surface area contributed by atoms with Crippen LogP contribution in [0.5, 0.6) is 0 Å². The van der Waals surface area contributed by atoms with Gasteiger partial charge in [0.25, 0.3) is 0 Å². The van der Waals surface area contributed by atoms with E-state index in [-0.39, 0.29) is 0 Å². The molecule has 1 aliphatic rings. The van der Waals surface area contributed by atoms with Gasteiger partial charge in [-0.25, -0.2) is 4.98 Å². The molecule has 0 bridgehead atoms. The highest BCUT2D eigenvalue weighted by Crippen LogP contribution is 2.28. The summed E-state index contributed by atoms with van der Waals surface area (Å²) in [6.07, 6.45) is 2.35. The van der Waals surface area contributed by atoms with Crippen molar-refractivity contribution in [3.8, 4) is 0 Å². The summed E-state index contributed by atoms with van der Waals surface area (Å²) in [5, 5.41) is 9.45. The van der Waals surface area contributed by atoms with Gasteiger partial charge in [0.05, 0.1) is 6.10 Å². The highest BCUT2D eigenvalue weighted by molar-refractivity contribution is 5.15. The molecule has 0 unspecified atom stereocenters. The van der Waals surface area contributed by atoms with Crippen molar-refractivity contribution >= 4 is 0 Å². The van der Waals surface area contributed by atoms with Crippen molar-refractivity contribution < 1.29 is 9.52 Å². The molecule has 1 aromatic heterocycles. The third kappa shape index (κ3) is 1.05. The molecule has 1 aromatic rings. The highest BCUT2D eigenvalue weighted by Gasteiger charge is 2.22. The Labute approximate surface area is 65.1 Å². The largest absolute Gasteiger partial charge is 0.446 e. The number of aliphatic hydroxyl groups excluding tert-OH is 1. The van der Waals surface area contributed by atoms with Crippen LogP contribution in [0.15, 0.2) is 4.42 Å². The van der Waals surface area contributed by atoms with E-state index >= 15 is 0 Å². The zero-order valence-electron chi connectivity index (χ0n) is 6.50. The normalized spacial score (nSPS) is 23.3. The van der Waals surface area contributed by atoms with Crippen LogP contribution in [0, 0.1) is 6.92 Å². The summed E-state index contributed by atoms with van der Waals surface area (Å²) >= 11 is 0. The third-order valence-corrected chi connectivity index (χ3v) is 2.03. The molecule has 0 fully saturated rings. The second kappa shape index (κ2) is 2.34. The molecule has 1 N–H and O–H groups in total. The highest BCUT2D eigenvalue weighted by atomic mass is 16.4. The fraction of sp³-hybridized carbons (Fsp3) is 0.625. The minimum atomic E-state index is -0.392. The molecule has 1 aliphatic carbocycles. The Morgan fingerprint density at radius 1 is 1.64 bits per heavy atom. The number of hydrogen-bond acceptors (Lipinski definition) is 3. The van der Waals surface area contributed by atoms with Gasteiger partial charge < -0.3 is 9.52 Å². The van der Waals surface area contributed by atoms with Gasteiger partial charge in [0.1, 0.15) is 11.5 Å². The topological polar surface area (TPSA) is 46.3 Å². The van der Waals surface area contributed by atoms with Gasteiger partial charge in [0, 0.05) is 13.3 Å². The van der Waals surface area contributed by atoms with Gasteiger partial charge in [0.2, 0.25) is 0 Å².